The van der Waals surface area contributed by atoms with E-state index in [0.29, 0.717) is 17.9 Å². The summed E-state index contributed by atoms with van der Waals surface area (Å²) < 4.78 is 5.79. The van der Waals surface area contributed by atoms with Crippen molar-refractivity contribution in [2.45, 2.75) is 45.9 Å². The molecule has 7 heteroatoms. The van der Waals surface area contributed by atoms with E-state index in [9.17, 15) is 19.5 Å². The number of rotatable bonds is 10. The molecule has 0 aromatic heterocycles. The number of carboxylic acid groups (broad SMARTS) is 1. The van der Waals surface area contributed by atoms with Crippen LogP contribution in [0, 0.1) is 5.92 Å². The SMILES string of the molecule is CC(=O)N[C@@H](C(=O)N[C@@H](Cc1cccc(OCc2ccccc2)c1)C(=O)O)C(C)C. The monoisotopic (exact) mass is 412 g/mol. The van der Waals surface area contributed by atoms with Gasteiger partial charge in [0.25, 0.3) is 0 Å². The molecule has 0 aliphatic carbocycles. The highest BCUT2D eigenvalue weighted by molar-refractivity contribution is 5.90. The van der Waals surface area contributed by atoms with E-state index in [1.54, 1.807) is 38.1 Å². The molecule has 0 spiro atoms. The number of aliphatic carboxylic acids is 1. The van der Waals surface area contributed by atoms with Crippen molar-refractivity contribution >= 4 is 17.8 Å². The van der Waals surface area contributed by atoms with Crippen LogP contribution in [0.2, 0.25) is 0 Å². The van der Waals surface area contributed by atoms with Gasteiger partial charge in [0.15, 0.2) is 0 Å². The largest absolute Gasteiger partial charge is 0.489 e. The first-order valence-electron chi connectivity index (χ1n) is 9.82. The Kier molecular flexibility index (Phi) is 8.41. The van der Waals surface area contributed by atoms with E-state index in [0.717, 1.165) is 5.56 Å². The summed E-state index contributed by atoms with van der Waals surface area (Å²) >= 11 is 0. The lowest BCUT2D eigenvalue weighted by atomic mass is 10.0. The fourth-order valence-electron chi connectivity index (χ4n) is 2.95. The van der Waals surface area contributed by atoms with Crippen LogP contribution in [0.3, 0.4) is 0 Å². The number of hydrogen-bond donors (Lipinski definition) is 3. The standard InChI is InChI=1S/C23H28N2O5/c1-15(2)21(24-16(3)26)22(27)25-20(23(28)29)13-18-10-7-11-19(12-18)30-14-17-8-5-4-6-9-17/h4-12,15,20-21H,13-14H2,1-3H3,(H,24,26)(H,25,27)(H,28,29)/t20-,21+/m0/s1. The second-order valence-corrected chi connectivity index (χ2v) is 7.45. The maximum absolute atomic E-state index is 12.5. The van der Waals surface area contributed by atoms with Gasteiger partial charge in [-0.15, -0.1) is 0 Å². The summed E-state index contributed by atoms with van der Waals surface area (Å²) in [6, 6.07) is 14.9. The van der Waals surface area contributed by atoms with Crippen LogP contribution in [0.5, 0.6) is 5.75 Å². The Morgan fingerprint density at radius 2 is 1.63 bits per heavy atom. The number of carboxylic acids is 1. The van der Waals surface area contributed by atoms with E-state index in [1.807, 2.05) is 30.3 Å². The van der Waals surface area contributed by atoms with Gasteiger partial charge in [0.2, 0.25) is 11.8 Å². The summed E-state index contributed by atoms with van der Waals surface area (Å²) in [4.78, 5) is 35.6. The van der Waals surface area contributed by atoms with Crippen molar-refractivity contribution in [2.75, 3.05) is 0 Å². The van der Waals surface area contributed by atoms with Gasteiger partial charge in [0.05, 0.1) is 0 Å². The van der Waals surface area contributed by atoms with Gasteiger partial charge in [-0.05, 0) is 29.2 Å². The highest BCUT2D eigenvalue weighted by Crippen LogP contribution is 2.17. The molecule has 2 aromatic rings. The summed E-state index contributed by atoms with van der Waals surface area (Å²) in [5, 5.41) is 14.7. The number of carbonyl (C=O) groups is 3. The summed E-state index contributed by atoms with van der Waals surface area (Å²) in [5.74, 6) is -1.59. The van der Waals surface area contributed by atoms with Gasteiger partial charge in [0, 0.05) is 13.3 Å². The Morgan fingerprint density at radius 1 is 0.967 bits per heavy atom. The Morgan fingerprint density at radius 3 is 2.23 bits per heavy atom. The molecule has 0 bridgehead atoms. The maximum atomic E-state index is 12.5. The molecular weight excluding hydrogens is 384 g/mol. The first kappa shape index (κ1) is 22.9. The van der Waals surface area contributed by atoms with Gasteiger partial charge < -0.3 is 20.5 Å². The predicted octanol–water partition coefficient (Wildman–Crippen LogP) is 2.54. The first-order chi connectivity index (χ1) is 14.3. The molecule has 2 atom stereocenters. The van der Waals surface area contributed by atoms with Gasteiger partial charge in [-0.3, -0.25) is 9.59 Å². The van der Waals surface area contributed by atoms with E-state index >= 15 is 0 Å². The van der Waals surface area contributed by atoms with Crippen LogP contribution in [-0.4, -0.2) is 35.0 Å². The second kappa shape index (κ2) is 11.0. The minimum absolute atomic E-state index is 0.0918. The highest BCUT2D eigenvalue weighted by atomic mass is 16.5. The molecule has 0 radical (unpaired) electrons. The maximum Gasteiger partial charge on any atom is 0.326 e. The zero-order valence-corrected chi connectivity index (χ0v) is 17.4. The van der Waals surface area contributed by atoms with Crippen molar-refractivity contribution in [1.82, 2.24) is 10.6 Å². The minimum Gasteiger partial charge on any atom is -0.489 e. The lowest BCUT2D eigenvalue weighted by Crippen LogP contribution is -2.53. The van der Waals surface area contributed by atoms with Crippen LogP contribution in [0.1, 0.15) is 31.9 Å². The zero-order chi connectivity index (χ0) is 22.1. The molecule has 160 valence electrons. The van der Waals surface area contributed by atoms with Crippen molar-refractivity contribution in [2.24, 2.45) is 5.92 Å². The molecule has 3 N–H and O–H groups in total. The van der Waals surface area contributed by atoms with Crippen LogP contribution >= 0.6 is 0 Å². The molecule has 30 heavy (non-hydrogen) atoms. The molecule has 0 unspecified atom stereocenters. The van der Waals surface area contributed by atoms with Crippen molar-refractivity contribution in [3.8, 4) is 5.75 Å². The summed E-state index contributed by atoms with van der Waals surface area (Å²) in [5.41, 5.74) is 1.74. The third kappa shape index (κ3) is 7.24. The van der Waals surface area contributed by atoms with Gasteiger partial charge in [0.1, 0.15) is 24.4 Å². The quantitative estimate of drug-likeness (QED) is 0.556. The normalized spacial score (nSPS) is 12.7. The number of ether oxygens (including phenoxy) is 1. The zero-order valence-electron chi connectivity index (χ0n) is 17.4. The summed E-state index contributed by atoms with van der Waals surface area (Å²) in [6.45, 7) is 5.28. The van der Waals surface area contributed by atoms with Crippen LogP contribution in [0.4, 0.5) is 0 Å². The van der Waals surface area contributed by atoms with E-state index in [2.05, 4.69) is 10.6 Å². The Balaban J connectivity index is 2.04. The molecule has 2 rings (SSSR count). The average molecular weight is 412 g/mol. The fourth-order valence-corrected chi connectivity index (χ4v) is 2.95. The van der Waals surface area contributed by atoms with Crippen molar-refractivity contribution in [3.63, 3.8) is 0 Å². The van der Waals surface area contributed by atoms with E-state index in [-0.39, 0.29) is 18.2 Å². The van der Waals surface area contributed by atoms with Crippen LogP contribution in [-0.2, 0) is 27.4 Å². The number of benzene rings is 2. The minimum atomic E-state index is -1.15. The van der Waals surface area contributed by atoms with E-state index in [4.69, 9.17) is 4.74 Å². The lowest BCUT2D eigenvalue weighted by Gasteiger charge is -2.23. The molecule has 0 saturated heterocycles. The van der Waals surface area contributed by atoms with Crippen molar-refractivity contribution in [1.29, 1.82) is 0 Å². The topological polar surface area (TPSA) is 105 Å². The number of nitrogens with one attached hydrogen (secondary N) is 2. The summed E-state index contributed by atoms with van der Waals surface area (Å²) in [6.07, 6.45) is 0.0918. The molecular formula is C23H28N2O5. The van der Waals surface area contributed by atoms with Crippen LogP contribution in [0.15, 0.2) is 54.6 Å². The summed E-state index contributed by atoms with van der Waals surface area (Å²) in [7, 11) is 0. The van der Waals surface area contributed by atoms with E-state index in [1.165, 1.54) is 6.92 Å². The third-order valence-electron chi connectivity index (χ3n) is 4.51. The average Bonchev–Trinajstić information content (AvgIpc) is 2.70. The molecule has 0 aliphatic heterocycles. The van der Waals surface area contributed by atoms with Gasteiger partial charge in [-0.1, -0.05) is 56.3 Å². The van der Waals surface area contributed by atoms with E-state index < -0.39 is 24.0 Å². The lowest BCUT2D eigenvalue weighted by molar-refractivity contribution is -0.142. The van der Waals surface area contributed by atoms with Gasteiger partial charge in [-0.2, -0.15) is 0 Å². The highest BCUT2D eigenvalue weighted by Gasteiger charge is 2.28. The molecule has 0 fully saturated rings. The smallest absolute Gasteiger partial charge is 0.326 e. The molecule has 2 aromatic carbocycles. The molecule has 0 aliphatic rings. The molecule has 0 heterocycles. The second-order valence-electron chi connectivity index (χ2n) is 7.45. The number of carbonyl (C=O) groups excluding carboxylic acids is 2. The molecule has 7 nitrogen and oxygen atoms in total. The Bertz CT molecular complexity index is 867. The number of hydrogen-bond acceptors (Lipinski definition) is 4. The first-order valence-corrected chi connectivity index (χ1v) is 9.82. The Labute approximate surface area is 176 Å². The van der Waals surface area contributed by atoms with Gasteiger partial charge in [-0.25, -0.2) is 4.79 Å². The molecule has 2 amide bonds. The third-order valence-corrected chi connectivity index (χ3v) is 4.51. The Hall–Kier alpha value is -3.35. The van der Waals surface area contributed by atoms with Crippen molar-refractivity contribution in [3.05, 3.63) is 65.7 Å². The van der Waals surface area contributed by atoms with Gasteiger partial charge >= 0.3 is 5.97 Å². The molecule has 0 saturated carbocycles. The fraction of sp³-hybridized carbons (Fsp3) is 0.348. The van der Waals surface area contributed by atoms with Crippen molar-refractivity contribution < 1.29 is 24.2 Å². The number of amides is 2. The predicted molar refractivity (Wildman–Crippen MR) is 113 cm³/mol. The van der Waals surface area contributed by atoms with Crippen LogP contribution < -0.4 is 15.4 Å². The van der Waals surface area contributed by atoms with Crippen LogP contribution in [0.25, 0.3) is 0 Å².